The molecule has 20 heavy (non-hydrogen) atoms. The average molecular weight is 282 g/mol. The molecule has 1 aromatic rings. The van der Waals surface area contributed by atoms with Crippen molar-refractivity contribution in [3.8, 4) is 17.2 Å². The van der Waals surface area contributed by atoms with Crippen LogP contribution in [0.4, 0.5) is 0 Å². The van der Waals surface area contributed by atoms with Gasteiger partial charge < -0.3 is 14.2 Å². The van der Waals surface area contributed by atoms with Gasteiger partial charge >= 0.3 is 0 Å². The number of rotatable bonds is 8. The molecule has 1 rings (SSSR count). The molecule has 2 unspecified atom stereocenters. The molecule has 0 spiro atoms. The summed E-state index contributed by atoms with van der Waals surface area (Å²) >= 11 is 0. The zero-order valence-electron chi connectivity index (χ0n) is 13.0. The van der Waals surface area contributed by atoms with Gasteiger partial charge in [-0.3, -0.25) is 11.3 Å². The second-order valence-corrected chi connectivity index (χ2v) is 4.83. The summed E-state index contributed by atoms with van der Waals surface area (Å²) in [6.07, 6.45) is 2.18. The van der Waals surface area contributed by atoms with Crippen LogP contribution < -0.4 is 25.5 Å². The van der Waals surface area contributed by atoms with Crippen molar-refractivity contribution in [1.29, 1.82) is 0 Å². The highest BCUT2D eigenvalue weighted by Gasteiger charge is 2.25. The van der Waals surface area contributed by atoms with Gasteiger partial charge in [0.1, 0.15) is 0 Å². The van der Waals surface area contributed by atoms with Gasteiger partial charge in [-0.2, -0.15) is 0 Å². The molecule has 5 heteroatoms. The molecule has 1 aromatic carbocycles. The third-order valence-corrected chi connectivity index (χ3v) is 3.56. The van der Waals surface area contributed by atoms with Crippen molar-refractivity contribution in [3.05, 3.63) is 17.7 Å². The molecule has 0 aromatic heterocycles. The van der Waals surface area contributed by atoms with Gasteiger partial charge in [0.25, 0.3) is 0 Å². The minimum absolute atomic E-state index is 0.00436. The zero-order chi connectivity index (χ0) is 15.1. The largest absolute Gasteiger partial charge is 0.493 e. The molecular formula is C15H26N2O3. The lowest BCUT2D eigenvalue weighted by Crippen LogP contribution is -2.33. The fourth-order valence-electron chi connectivity index (χ4n) is 2.55. The molecule has 0 aliphatic carbocycles. The summed E-state index contributed by atoms with van der Waals surface area (Å²) < 4.78 is 16.2. The van der Waals surface area contributed by atoms with E-state index in [0.717, 1.165) is 18.4 Å². The van der Waals surface area contributed by atoms with Gasteiger partial charge in [0.15, 0.2) is 11.5 Å². The summed E-state index contributed by atoms with van der Waals surface area (Å²) in [6, 6.07) is 3.85. The van der Waals surface area contributed by atoms with Crippen molar-refractivity contribution in [1.82, 2.24) is 5.43 Å². The van der Waals surface area contributed by atoms with Crippen LogP contribution in [0.5, 0.6) is 17.2 Å². The zero-order valence-corrected chi connectivity index (χ0v) is 13.0. The number of hydrogen-bond acceptors (Lipinski definition) is 5. The molecule has 0 radical (unpaired) electrons. The number of benzene rings is 1. The van der Waals surface area contributed by atoms with E-state index in [0.29, 0.717) is 23.2 Å². The third-order valence-electron chi connectivity index (χ3n) is 3.56. The topological polar surface area (TPSA) is 65.7 Å². The summed E-state index contributed by atoms with van der Waals surface area (Å²) in [5.41, 5.74) is 3.87. The van der Waals surface area contributed by atoms with Crippen molar-refractivity contribution in [3.63, 3.8) is 0 Å². The molecule has 0 heterocycles. The summed E-state index contributed by atoms with van der Waals surface area (Å²) in [7, 11) is 4.83. The Bertz CT molecular complexity index is 424. The van der Waals surface area contributed by atoms with E-state index < -0.39 is 0 Å². The lowest BCUT2D eigenvalue weighted by molar-refractivity contribution is 0.308. The Balaban J connectivity index is 3.28. The van der Waals surface area contributed by atoms with Gasteiger partial charge in [0.05, 0.1) is 27.4 Å². The molecule has 0 aliphatic heterocycles. The van der Waals surface area contributed by atoms with Crippen LogP contribution in [0.25, 0.3) is 0 Å². The lowest BCUT2D eigenvalue weighted by atomic mass is 9.90. The van der Waals surface area contributed by atoms with E-state index in [4.69, 9.17) is 20.1 Å². The molecule has 0 saturated heterocycles. The SMILES string of the molecule is CCCC(C)C(NN)c1ccc(OC)c(OC)c1OC. The molecule has 0 bridgehead atoms. The number of hydrogen-bond donors (Lipinski definition) is 2. The molecule has 0 aliphatic rings. The highest BCUT2D eigenvalue weighted by Crippen LogP contribution is 2.43. The number of methoxy groups -OCH3 is 3. The summed E-state index contributed by atoms with van der Waals surface area (Å²) in [6.45, 7) is 4.33. The van der Waals surface area contributed by atoms with Gasteiger partial charge in [0, 0.05) is 5.56 Å². The van der Waals surface area contributed by atoms with E-state index in [2.05, 4.69) is 19.3 Å². The first-order chi connectivity index (χ1) is 9.64. The summed E-state index contributed by atoms with van der Waals surface area (Å²) in [5, 5.41) is 0. The molecule has 3 N–H and O–H groups in total. The highest BCUT2D eigenvalue weighted by atomic mass is 16.5. The van der Waals surface area contributed by atoms with Gasteiger partial charge in [-0.1, -0.05) is 20.3 Å². The smallest absolute Gasteiger partial charge is 0.203 e. The van der Waals surface area contributed by atoms with Crippen LogP contribution in [0, 0.1) is 5.92 Å². The standard InChI is InChI=1S/C15H26N2O3/c1-6-7-10(2)13(17-16)11-8-9-12(18-3)15(20-5)14(11)19-4/h8-10,13,17H,6-7,16H2,1-5H3. The monoisotopic (exact) mass is 282 g/mol. The van der Waals surface area contributed by atoms with Crippen LogP contribution in [0.1, 0.15) is 38.3 Å². The Morgan fingerprint density at radius 1 is 1.10 bits per heavy atom. The number of ether oxygens (including phenoxy) is 3. The molecule has 2 atom stereocenters. The number of hydrazine groups is 1. The van der Waals surface area contributed by atoms with Gasteiger partial charge in [-0.05, 0) is 24.5 Å². The first-order valence-corrected chi connectivity index (χ1v) is 6.89. The summed E-state index contributed by atoms with van der Waals surface area (Å²) in [4.78, 5) is 0. The fraction of sp³-hybridized carbons (Fsp3) is 0.600. The second-order valence-electron chi connectivity index (χ2n) is 4.83. The Labute approximate surface area is 121 Å². The van der Waals surface area contributed by atoms with Crippen molar-refractivity contribution in [2.45, 2.75) is 32.7 Å². The van der Waals surface area contributed by atoms with Crippen LogP contribution >= 0.6 is 0 Å². The van der Waals surface area contributed by atoms with Crippen molar-refractivity contribution >= 4 is 0 Å². The van der Waals surface area contributed by atoms with Crippen LogP contribution in [-0.2, 0) is 0 Å². The molecule has 0 amide bonds. The fourth-order valence-corrected chi connectivity index (χ4v) is 2.55. The summed E-state index contributed by atoms with van der Waals surface area (Å²) in [5.74, 6) is 8.03. The predicted molar refractivity (Wildman–Crippen MR) is 80.2 cm³/mol. The maximum Gasteiger partial charge on any atom is 0.203 e. The van der Waals surface area contributed by atoms with Crippen molar-refractivity contribution in [2.24, 2.45) is 11.8 Å². The minimum atomic E-state index is 0.00436. The minimum Gasteiger partial charge on any atom is -0.493 e. The molecule has 5 nitrogen and oxygen atoms in total. The van der Waals surface area contributed by atoms with E-state index in [-0.39, 0.29) is 6.04 Å². The molecule has 0 saturated carbocycles. The first kappa shape index (κ1) is 16.6. The number of nitrogens with one attached hydrogen (secondary N) is 1. The molecular weight excluding hydrogens is 256 g/mol. The Kier molecular flexibility index (Phi) is 6.61. The van der Waals surface area contributed by atoms with Crippen LogP contribution in [0.15, 0.2) is 12.1 Å². The van der Waals surface area contributed by atoms with Crippen molar-refractivity contribution in [2.75, 3.05) is 21.3 Å². The van der Waals surface area contributed by atoms with E-state index in [1.807, 2.05) is 12.1 Å². The second kappa shape index (κ2) is 7.97. The lowest BCUT2D eigenvalue weighted by Gasteiger charge is -2.26. The number of nitrogens with two attached hydrogens (primary N) is 1. The third kappa shape index (κ3) is 3.35. The van der Waals surface area contributed by atoms with E-state index >= 15 is 0 Å². The van der Waals surface area contributed by atoms with E-state index in [1.54, 1.807) is 21.3 Å². The first-order valence-electron chi connectivity index (χ1n) is 6.89. The highest BCUT2D eigenvalue weighted by molar-refractivity contribution is 5.56. The molecule has 0 fully saturated rings. The Morgan fingerprint density at radius 3 is 2.20 bits per heavy atom. The maximum absolute atomic E-state index is 5.74. The van der Waals surface area contributed by atoms with E-state index in [1.165, 1.54) is 0 Å². The predicted octanol–water partition coefficient (Wildman–Crippen LogP) is 2.65. The van der Waals surface area contributed by atoms with Crippen LogP contribution in [-0.4, -0.2) is 21.3 Å². The van der Waals surface area contributed by atoms with Crippen molar-refractivity contribution < 1.29 is 14.2 Å². The van der Waals surface area contributed by atoms with Gasteiger partial charge in [-0.25, -0.2) is 0 Å². The quantitative estimate of drug-likeness (QED) is 0.567. The van der Waals surface area contributed by atoms with Gasteiger partial charge in [-0.15, -0.1) is 0 Å². The van der Waals surface area contributed by atoms with E-state index in [9.17, 15) is 0 Å². The van der Waals surface area contributed by atoms with Crippen LogP contribution in [0.3, 0.4) is 0 Å². The Hall–Kier alpha value is -1.46. The average Bonchev–Trinajstić information content (AvgIpc) is 2.47. The normalized spacial score (nSPS) is 13.7. The van der Waals surface area contributed by atoms with Gasteiger partial charge in [0.2, 0.25) is 5.75 Å². The molecule has 114 valence electrons. The van der Waals surface area contributed by atoms with Crippen LogP contribution in [0.2, 0.25) is 0 Å². The maximum atomic E-state index is 5.74. The Morgan fingerprint density at radius 2 is 1.75 bits per heavy atom.